The molecule has 3 aromatic rings. The lowest BCUT2D eigenvalue weighted by Crippen LogP contribution is -2.24. The van der Waals surface area contributed by atoms with Gasteiger partial charge in [-0.3, -0.25) is 4.79 Å². The number of carbonyl (C=O) groups excluding carboxylic acids is 1. The summed E-state index contributed by atoms with van der Waals surface area (Å²) in [7, 11) is 1.54. The standard InChI is InChI=1S/C17H19N7O3/c1-27-11-4-2-3-10(7-11)24-15-13(22-17(24)26)12(14(18)25)21-16(23-15)20-9-5-6-19-8-9/h2-4,7,9,19H,5-6,8H2,1H3,(H2,18,25)(H,22,26)(H,20,21,23)/t9-/m1/s1. The summed E-state index contributed by atoms with van der Waals surface area (Å²) in [5.74, 6) is 0.1000. The van der Waals surface area contributed by atoms with Gasteiger partial charge in [-0.2, -0.15) is 4.98 Å². The number of carbonyl (C=O) groups is 1. The quantitative estimate of drug-likeness (QED) is 0.496. The van der Waals surface area contributed by atoms with Gasteiger partial charge >= 0.3 is 5.69 Å². The molecule has 27 heavy (non-hydrogen) atoms. The van der Waals surface area contributed by atoms with E-state index in [0.29, 0.717) is 11.4 Å². The van der Waals surface area contributed by atoms with Gasteiger partial charge in [0.25, 0.3) is 5.91 Å². The predicted molar refractivity (Wildman–Crippen MR) is 99.5 cm³/mol. The van der Waals surface area contributed by atoms with Crippen molar-refractivity contribution < 1.29 is 9.53 Å². The topological polar surface area (TPSA) is 140 Å². The Kier molecular flexibility index (Phi) is 4.24. The Bertz CT molecular complexity index is 1070. The number of imidazole rings is 1. The highest BCUT2D eigenvalue weighted by molar-refractivity contribution is 6.02. The molecule has 1 fully saturated rings. The number of aromatic amines is 1. The third kappa shape index (κ3) is 3.10. The molecule has 3 heterocycles. The van der Waals surface area contributed by atoms with Crippen molar-refractivity contribution in [3.05, 3.63) is 40.4 Å². The van der Waals surface area contributed by atoms with Gasteiger partial charge in [0, 0.05) is 18.7 Å². The first-order valence-electron chi connectivity index (χ1n) is 8.51. The second-order valence-corrected chi connectivity index (χ2v) is 6.26. The average molecular weight is 369 g/mol. The fourth-order valence-electron chi connectivity index (χ4n) is 3.18. The summed E-state index contributed by atoms with van der Waals surface area (Å²) in [6.07, 6.45) is 0.906. The van der Waals surface area contributed by atoms with Gasteiger partial charge in [0.05, 0.1) is 12.8 Å². The molecule has 0 radical (unpaired) electrons. The number of anilines is 1. The minimum atomic E-state index is -0.742. The monoisotopic (exact) mass is 369 g/mol. The van der Waals surface area contributed by atoms with Crippen LogP contribution in [0, 0.1) is 0 Å². The van der Waals surface area contributed by atoms with Crippen LogP contribution in [0.1, 0.15) is 16.9 Å². The van der Waals surface area contributed by atoms with E-state index in [2.05, 4.69) is 25.6 Å². The number of methoxy groups -OCH3 is 1. The van der Waals surface area contributed by atoms with Crippen LogP contribution in [0.4, 0.5) is 5.95 Å². The maximum Gasteiger partial charge on any atom is 0.332 e. The van der Waals surface area contributed by atoms with Crippen LogP contribution in [0.2, 0.25) is 0 Å². The number of benzene rings is 1. The Labute approximate surface area is 153 Å². The Hall–Kier alpha value is -3.40. The van der Waals surface area contributed by atoms with Gasteiger partial charge in [-0.15, -0.1) is 0 Å². The van der Waals surface area contributed by atoms with Crippen molar-refractivity contribution >= 4 is 23.0 Å². The number of hydrogen-bond acceptors (Lipinski definition) is 7. The number of fused-ring (bicyclic) bond motifs is 1. The number of ether oxygens (including phenoxy) is 1. The Morgan fingerprint density at radius 2 is 2.26 bits per heavy atom. The highest BCUT2D eigenvalue weighted by Gasteiger charge is 2.22. The largest absolute Gasteiger partial charge is 0.497 e. The fraction of sp³-hybridized carbons (Fsp3) is 0.294. The van der Waals surface area contributed by atoms with Crippen LogP contribution in [0.3, 0.4) is 0 Å². The molecular formula is C17H19N7O3. The summed E-state index contributed by atoms with van der Waals surface area (Å²) >= 11 is 0. The summed E-state index contributed by atoms with van der Waals surface area (Å²) in [6.45, 7) is 1.66. The molecule has 0 bridgehead atoms. The van der Waals surface area contributed by atoms with E-state index >= 15 is 0 Å². The molecule has 2 aromatic heterocycles. The van der Waals surface area contributed by atoms with Crippen LogP contribution >= 0.6 is 0 Å². The van der Waals surface area contributed by atoms with Gasteiger partial charge in [0.2, 0.25) is 5.95 Å². The van der Waals surface area contributed by atoms with Crippen molar-refractivity contribution in [1.82, 2.24) is 24.8 Å². The van der Waals surface area contributed by atoms with Gasteiger partial charge < -0.3 is 26.1 Å². The Balaban J connectivity index is 1.90. The van der Waals surface area contributed by atoms with Crippen molar-refractivity contribution in [2.75, 3.05) is 25.5 Å². The molecule has 140 valence electrons. The molecule has 1 aromatic carbocycles. The molecule has 1 aliphatic heterocycles. The number of nitrogens with zero attached hydrogens (tertiary/aromatic N) is 3. The third-order valence-electron chi connectivity index (χ3n) is 4.48. The van der Waals surface area contributed by atoms with E-state index in [1.54, 1.807) is 31.4 Å². The van der Waals surface area contributed by atoms with Crippen LogP contribution in [0.15, 0.2) is 29.1 Å². The second-order valence-electron chi connectivity index (χ2n) is 6.26. The van der Waals surface area contributed by atoms with E-state index in [1.807, 2.05) is 0 Å². The molecule has 0 spiro atoms. The highest BCUT2D eigenvalue weighted by atomic mass is 16.5. The van der Waals surface area contributed by atoms with Crippen molar-refractivity contribution in [1.29, 1.82) is 0 Å². The molecule has 0 unspecified atom stereocenters. The average Bonchev–Trinajstić information content (AvgIpc) is 3.28. The van der Waals surface area contributed by atoms with Gasteiger partial charge in [0.1, 0.15) is 11.3 Å². The normalized spacial score (nSPS) is 16.6. The zero-order valence-electron chi connectivity index (χ0n) is 14.7. The molecule has 1 aliphatic rings. The SMILES string of the molecule is COc1cccc(-n2c(=O)[nH]c3c(C(N)=O)nc(N[C@@H]4CCNC4)nc32)c1. The van der Waals surface area contributed by atoms with Gasteiger partial charge in [-0.05, 0) is 25.1 Å². The first-order chi connectivity index (χ1) is 13.1. The summed E-state index contributed by atoms with van der Waals surface area (Å²) in [5, 5.41) is 6.43. The van der Waals surface area contributed by atoms with Crippen LogP contribution in [-0.2, 0) is 0 Å². The van der Waals surface area contributed by atoms with Crippen LogP contribution < -0.4 is 26.8 Å². The number of amides is 1. The molecule has 1 saturated heterocycles. The van der Waals surface area contributed by atoms with Crippen LogP contribution in [-0.4, -0.2) is 51.7 Å². The van der Waals surface area contributed by atoms with Gasteiger partial charge in [0.15, 0.2) is 11.3 Å². The minimum absolute atomic E-state index is 0.0350. The number of primary amides is 1. The number of nitrogens with one attached hydrogen (secondary N) is 3. The van der Waals surface area contributed by atoms with Crippen molar-refractivity contribution in [3.8, 4) is 11.4 Å². The molecule has 4 rings (SSSR count). The maximum absolute atomic E-state index is 12.6. The molecule has 1 amide bonds. The maximum atomic E-state index is 12.6. The minimum Gasteiger partial charge on any atom is -0.497 e. The lowest BCUT2D eigenvalue weighted by atomic mass is 10.2. The molecular weight excluding hydrogens is 350 g/mol. The van der Waals surface area contributed by atoms with E-state index < -0.39 is 11.6 Å². The van der Waals surface area contributed by atoms with Crippen LogP contribution in [0.5, 0.6) is 5.75 Å². The third-order valence-corrected chi connectivity index (χ3v) is 4.48. The molecule has 1 atom stereocenters. The van der Waals surface area contributed by atoms with Gasteiger partial charge in [-0.1, -0.05) is 6.07 Å². The lowest BCUT2D eigenvalue weighted by molar-refractivity contribution is 0.0997. The zero-order valence-corrected chi connectivity index (χ0v) is 14.7. The first-order valence-corrected chi connectivity index (χ1v) is 8.51. The van der Waals surface area contributed by atoms with Gasteiger partial charge in [-0.25, -0.2) is 14.3 Å². The summed E-state index contributed by atoms with van der Waals surface area (Å²) in [6, 6.07) is 7.12. The van der Waals surface area contributed by atoms with E-state index in [9.17, 15) is 9.59 Å². The predicted octanol–water partition coefficient (Wildman–Crippen LogP) is -0.00990. The summed E-state index contributed by atoms with van der Waals surface area (Å²) in [4.78, 5) is 35.8. The summed E-state index contributed by atoms with van der Waals surface area (Å²) < 4.78 is 6.59. The summed E-state index contributed by atoms with van der Waals surface area (Å²) in [5.41, 5.74) is 6.01. The molecule has 10 heteroatoms. The Morgan fingerprint density at radius 1 is 1.41 bits per heavy atom. The van der Waals surface area contributed by atoms with Crippen LogP contribution in [0.25, 0.3) is 16.9 Å². The van der Waals surface area contributed by atoms with E-state index in [0.717, 1.165) is 19.5 Å². The van der Waals surface area contributed by atoms with E-state index in [4.69, 9.17) is 10.5 Å². The van der Waals surface area contributed by atoms with Crippen molar-refractivity contribution in [2.24, 2.45) is 5.73 Å². The molecule has 0 saturated carbocycles. The number of rotatable bonds is 5. The molecule has 5 N–H and O–H groups in total. The molecule has 0 aliphatic carbocycles. The number of nitrogens with two attached hydrogens (primary N) is 1. The van der Waals surface area contributed by atoms with E-state index in [-0.39, 0.29) is 28.8 Å². The van der Waals surface area contributed by atoms with Crippen molar-refractivity contribution in [3.63, 3.8) is 0 Å². The first kappa shape index (κ1) is 17.0. The number of hydrogen-bond donors (Lipinski definition) is 4. The highest BCUT2D eigenvalue weighted by Crippen LogP contribution is 2.21. The van der Waals surface area contributed by atoms with Crippen molar-refractivity contribution in [2.45, 2.75) is 12.5 Å². The molecule has 10 nitrogen and oxygen atoms in total. The lowest BCUT2D eigenvalue weighted by Gasteiger charge is -2.12. The second kappa shape index (κ2) is 6.72. The van der Waals surface area contributed by atoms with E-state index in [1.165, 1.54) is 4.57 Å². The number of aromatic nitrogens is 4. The smallest absolute Gasteiger partial charge is 0.332 e. The zero-order chi connectivity index (χ0) is 19.0. The Morgan fingerprint density at radius 3 is 2.96 bits per heavy atom. The number of H-pyrrole nitrogens is 1. The fourth-order valence-corrected chi connectivity index (χ4v) is 3.18.